The minimum atomic E-state index is -0.0352. The van der Waals surface area contributed by atoms with Crippen molar-refractivity contribution >= 4 is 34.4 Å². The molecule has 0 saturated heterocycles. The number of hydrogen-bond donors (Lipinski definition) is 0. The first kappa shape index (κ1) is 20.7. The first-order valence-electron chi connectivity index (χ1n) is 9.96. The molecule has 0 spiro atoms. The lowest BCUT2D eigenvalue weighted by Gasteiger charge is -2.13. The van der Waals surface area contributed by atoms with Crippen LogP contribution in [0.2, 0.25) is 5.02 Å². The third-order valence-electron chi connectivity index (χ3n) is 5.01. The van der Waals surface area contributed by atoms with Crippen LogP contribution in [-0.4, -0.2) is 19.3 Å². The Balaban J connectivity index is 1.73. The molecule has 4 rings (SSSR count). The zero-order chi connectivity index (χ0) is 21.1. The van der Waals surface area contributed by atoms with Crippen LogP contribution in [-0.2, 0) is 25.3 Å². The average molecular weight is 439 g/mol. The SMILES string of the molecule is CCn1nc(C)c2nc(SCc3cccc(Cl)c3)n(CCc3ccccc3)c(=O)c21. The molecule has 2 heterocycles. The van der Waals surface area contributed by atoms with E-state index in [4.69, 9.17) is 16.6 Å². The van der Waals surface area contributed by atoms with E-state index in [2.05, 4.69) is 17.2 Å². The lowest BCUT2D eigenvalue weighted by Crippen LogP contribution is -2.26. The van der Waals surface area contributed by atoms with Crippen LogP contribution < -0.4 is 5.56 Å². The van der Waals surface area contributed by atoms with Crippen molar-refractivity contribution in [3.05, 3.63) is 86.8 Å². The molecular formula is C23H23ClN4OS. The van der Waals surface area contributed by atoms with Gasteiger partial charge in [-0.2, -0.15) is 5.10 Å². The Labute approximate surface area is 184 Å². The number of nitrogens with zero attached hydrogens (tertiary/aromatic N) is 4. The normalized spacial score (nSPS) is 11.3. The molecule has 0 aliphatic carbocycles. The van der Waals surface area contributed by atoms with Crippen LogP contribution >= 0.6 is 23.4 Å². The minimum absolute atomic E-state index is 0.0352. The highest BCUT2D eigenvalue weighted by Crippen LogP contribution is 2.25. The molecule has 0 aliphatic rings. The van der Waals surface area contributed by atoms with Crippen molar-refractivity contribution in [2.45, 2.75) is 44.3 Å². The molecule has 0 saturated carbocycles. The average Bonchev–Trinajstić information content (AvgIpc) is 3.08. The Bertz CT molecular complexity index is 1230. The van der Waals surface area contributed by atoms with Crippen molar-refractivity contribution in [1.29, 1.82) is 0 Å². The van der Waals surface area contributed by atoms with Crippen molar-refractivity contribution in [2.75, 3.05) is 0 Å². The van der Waals surface area contributed by atoms with Gasteiger partial charge in [-0.15, -0.1) is 0 Å². The number of aromatic nitrogens is 4. The summed E-state index contributed by atoms with van der Waals surface area (Å²) in [5.41, 5.74) is 4.30. The van der Waals surface area contributed by atoms with E-state index in [1.165, 1.54) is 5.56 Å². The maximum Gasteiger partial charge on any atom is 0.280 e. The standard InChI is InChI=1S/C23H23ClN4OS/c1-3-28-21-20(16(2)26-28)25-23(30-15-18-10-7-11-19(24)14-18)27(22(21)29)13-12-17-8-5-4-6-9-17/h4-11,14H,3,12-13,15H2,1-2H3. The monoisotopic (exact) mass is 438 g/mol. The van der Waals surface area contributed by atoms with Gasteiger partial charge in [0, 0.05) is 23.9 Å². The van der Waals surface area contributed by atoms with Crippen LogP contribution in [0.25, 0.3) is 11.0 Å². The van der Waals surface area contributed by atoms with E-state index in [1.807, 2.05) is 56.3 Å². The number of rotatable bonds is 7. The zero-order valence-electron chi connectivity index (χ0n) is 17.0. The van der Waals surface area contributed by atoms with Gasteiger partial charge in [0.2, 0.25) is 0 Å². The second-order valence-electron chi connectivity index (χ2n) is 7.10. The van der Waals surface area contributed by atoms with Crippen LogP contribution in [0.1, 0.15) is 23.7 Å². The van der Waals surface area contributed by atoms with Gasteiger partial charge in [-0.1, -0.05) is 65.8 Å². The number of benzene rings is 2. The summed E-state index contributed by atoms with van der Waals surface area (Å²) >= 11 is 7.68. The summed E-state index contributed by atoms with van der Waals surface area (Å²) in [6.45, 7) is 5.09. The van der Waals surface area contributed by atoms with Crippen molar-refractivity contribution in [2.24, 2.45) is 0 Å². The summed E-state index contributed by atoms with van der Waals surface area (Å²) in [5.74, 6) is 0.685. The summed E-state index contributed by atoms with van der Waals surface area (Å²) in [4.78, 5) is 18.3. The van der Waals surface area contributed by atoms with Crippen molar-refractivity contribution < 1.29 is 0 Å². The lowest BCUT2D eigenvalue weighted by molar-refractivity contribution is 0.587. The van der Waals surface area contributed by atoms with Crippen LogP contribution in [0.4, 0.5) is 0 Å². The van der Waals surface area contributed by atoms with E-state index in [-0.39, 0.29) is 5.56 Å². The number of thioether (sulfide) groups is 1. The molecule has 0 N–H and O–H groups in total. The molecule has 2 aromatic carbocycles. The van der Waals surface area contributed by atoms with E-state index in [9.17, 15) is 4.79 Å². The van der Waals surface area contributed by atoms with Crippen molar-refractivity contribution in [1.82, 2.24) is 19.3 Å². The zero-order valence-corrected chi connectivity index (χ0v) is 18.6. The summed E-state index contributed by atoms with van der Waals surface area (Å²) in [5, 5.41) is 5.93. The number of aryl methyl sites for hydroxylation is 3. The summed E-state index contributed by atoms with van der Waals surface area (Å²) in [7, 11) is 0. The molecule has 7 heteroatoms. The molecule has 2 aromatic heterocycles. The van der Waals surface area contributed by atoms with Crippen molar-refractivity contribution in [3.8, 4) is 0 Å². The number of hydrogen-bond acceptors (Lipinski definition) is 4. The highest BCUT2D eigenvalue weighted by Gasteiger charge is 2.18. The van der Waals surface area contributed by atoms with E-state index in [0.717, 1.165) is 17.7 Å². The molecule has 154 valence electrons. The van der Waals surface area contributed by atoms with Gasteiger partial charge < -0.3 is 0 Å². The fourth-order valence-corrected chi connectivity index (χ4v) is 4.66. The molecule has 0 fully saturated rings. The maximum atomic E-state index is 13.5. The summed E-state index contributed by atoms with van der Waals surface area (Å²) in [6.07, 6.45) is 0.762. The molecule has 0 unspecified atom stereocenters. The van der Waals surface area contributed by atoms with Gasteiger partial charge in [0.05, 0.1) is 5.69 Å². The van der Waals surface area contributed by atoms with E-state index in [0.29, 0.717) is 40.1 Å². The molecule has 30 heavy (non-hydrogen) atoms. The molecule has 0 amide bonds. The molecule has 0 radical (unpaired) electrons. The lowest BCUT2D eigenvalue weighted by atomic mass is 10.1. The fraction of sp³-hybridized carbons (Fsp3) is 0.261. The van der Waals surface area contributed by atoms with Crippen LogP contribution in [0.15, 0.2) is 64.5 Å². The molecular weight excluding hydrogens is 416 g/mol. The van der Waals surface area contributed by atoms with E-state index < -0.39 is 0 Å². The maximum absolute atomic E-state index is 13.5. The van der Waals surface area contributed by atoms with E-state index in [1.54, 1.807) is 21.0 Å². The van der Waals surface area contributed by atoms with Crippen molar-refractivity contribution in [3.63, 3.8) is 0 Å². The largest absolute Gasteiger partial charge is 0.285 e. The summed E-state index contributed by atoms with van der Waals surface area (Å²) in [6, 6.07) is 18.0. The smallest absolute Gasteiger partial charge is 0.280 e. The quantitative estimate of drug-likeness (QED) is 0.297. The fourth-order valence-electron chi connectivity index (χ4n) is 3.48. The molecule has 0 bridgehead atoms. The second-order valence-corrected chi connectivity index (χ2v) is 8.48. The van der Waals surface area contributed by atoms with Gasteiger partial charge in [-0.05, 0) is 43.5 Å². The van der Waals surface area contributed by atoms with Gasteiger partial charge in [-0.25, -0.2) is 4.98 Å². The van der Waals surface area contributed by atoms with Gasteiger partial charge in [0.25, 0.3) is 5.56 Å². The highest BCUT2D eigenvalue weighted by atomic mass is 35.5. The third-order valence-corrected chi connectivity index (χ3v) is 6.29. The first-order chi connectivity index (χ1) is 14.6. The predicted octanol–water partition coefficient (Wildman–Crippen LogP) is 5.11. The molecule has 0 atom stereocenters. The number of fused-ring (bicyclic) bond motifs is 1. The Hall–Kier alpha value is -2.57. The second kappa shape index (κ2) is 9.06. The first-order valence-corrected chi connectivity index (χ1v) is 11.3. The van der Waals surface area contributed by atoms with Crippen LogP contribution in [0.5, 0.6) is 0 Å². The van der Waals surface area contributed by atoms with Crippen LogP contribution in [0, 0.1) is 6.92 Å². The molecule has 5 nitrogen and oxygen atoms in total. The molecule has 4 aromatic rings. The van der Waals surface area contributed by atoms with Gasteiger partial charge in [0.15, 0.2) is 10.7 Å². The minimum Gasteiger partial charge on any atom is -0.285 e. The topological polar surface area (TPSA) is 52.7 Å². The Morgan fingerprint density at radius 2 is 1.83 bits per heavy atom. The highest BCUT2D eigenvalue weighted by molar-refractivity contribution is 7.98. The van der Waals surface area contributed by atoms with Gasteiger partial charge in [-0.3, -0.25) is 14.0 Å². The Kier molecular flexibility index (Phi) is 6.25. The summed E-state index contributed by atoms with van der Waals surface area (Å²) < 4.78 is 3.54. The third kappa shape index (κ3) is 4.30. The van der Waals surface area contributed by atoms with Crippen LogP contribution in [0.3, 0.4) is 0 Å². The Morgan fingerprint density at radius 1 is 1.07 bits per heavy atom. The van der Waals surface area contributed by atoms with E-state index >= 15 is 0 Å². The molecule has 0 aliphatic heterocycles. The van der Waals surface area contributed by atoms with Gasteiger partial charge in [0.1, 0.15) is 5.52 Å². The number of halogens is 1. The van der Waals surface area contributed by atoms with Gasteiger partial charge >= 0.3 is 0 Å². The Morgan fingerprint density at radius 3 is 2.57 bits per heavy atom. The predicted molar refractivity (Wildman–Crippen MR) is 123 cm³/mol.